The Morgan fingerprint density at radius 1 is 1.22 bits per heavy atom. The van der Waals surface area contributed by atoms with Gasteiger partial charge in [-0.1, -0.05) is 13.8 Å². The van der Waals surface area contributed by atoms with E-state index >= 15 is 0 Å². The molecule has 1 aliphatic heterocycles. The van der Waals surface area contributed by atoms with Crippen LogP contribution in [0.4, 0.5) is 0 Å². The number of rotatable bonds is 5. The average molecular weight is 276 g/mol. The van der Waals surface area contributed by atoms with E-state index in [1.54, 1.807) is 0 Å². The molecule has 1 aliphatic rings. The van der Waals surface area contributed by atoms with E-state index in [-0.39, 0.29) is 17.6 Å². The molecule has 1 atom stereocenters. The van der Waals surface area contributed by atoms with Gasteiger partial charge < -0.3 is 4.90 Å². The molecule has 0 N–H and O–H groups in total. The lowest BCUT2D eigenvalue weighted by atomic mass is 10.1. The van der Waals surface area contributed by atoms with Crippen LogP contribution in [-0.4, -0.2) is 68.9 Å². The minimum Gasteiger partial charge on any atom is -0.340 e. The van der Waals surface area contributed by atoms with E-state index in [2.05, 4.69) is 4.90 Å². The number of amides is 1. The van der Waals surface area contributed by atoms with Gasteiger partial charge in [0, 0.05) is 44.9 Å². The molecule has 1 unspecified atom stereocenters. The van der Waals surface area contributed by atoms with E-state index in [0.717, 1.165) is 19.5 Å². The average Bonchev–Trinajstić information content (AvgIpc) is 2.34. The lowest BCUT2D eigenvalue weighted by Crippen LogP contribution is -2.50. The smallest absolute Gasteiger partial charge is 0.225 e. The van der Waals surface area contributed by atoms with E-state index in [1.165, 1.54) is 6.26 Å². The first-order valence-electron chi connectivity index (χ1n) is 6.52. The van der Waals surface area contributed by atoms with E-state index in [9.17, 15) is 13.2 Å². The summed E-state index contributed by atoms with van der Waals surface area (Å²) in [6.07, 6.45) is 2.13. The summed E-state index contributed by atoms with van der Waals surface area (Å²) in [5, 5.41) is 0. The summed E-state index contributed by atoms with van der Waals surface area (Å²) >= 11 is 0. The molecule has 0 aliphatic carbocycles. The minimum atomic E-state index is -2.89. The van der Waals surface area contributed by atoms with Gasteiger partial charge in [0.15, 0.2) is 0 Å². The highest BCUT2D eigenvalue weighted by Crippen LogP contribution is 2.10. The van der Waals surface area contributed by atoms with Crippen molar-refractivity contribution < 1.29 is 13.2 Å². The van der Waals surface area contributed by atoms with E-state index in [1.807, 2.05) is 18.7 Å². The van der Waals surface area contributed by atoms with Crippen molar-refractivity contribution in [3.63, 3.8) is 0 Å². The van der Waals surface area contributed by atoms with Gasteiger partial charge in [0.25, 0.3) is 0 Å². The molecule has 1 fully saturated rings. The van der Waals surface area contributed by atoms with E-state index in [4.69, 9.17) is 0 Å². The molecule has 106 valence electrons. The standard InChI is InChI=1S/C12H24N2O3S/c1-4-11(2)12(15)14-7-5-13(6-8-14)9-10-18(3,16)17/h11H,4-10H2,1-3H3. The van der Waals surface area contributed by atoms with Crippen molar-refractivity contribution in [2.24, 2.45) is 5.92 Å². The number of hydrogen-bond donors (Lipinski definition) is 0. The molecule has 1 amide bonds. The Labute approximate surface area is 110 Å². The van der Waals surface area contributed by atoms with Crippen molar-refractivity contribution in [2.75, 3.05) is 44.7 Å². The number of nitrogens with zero attached hydrogens (tertiary/aromatic N) is 2. The number of hydrogen-bond acceptors (Lipinski definition) is 4. The lowest BCUT2D eigenvalue weighted by molar-refractivity contribution is -0.136. The Balaban J connectivity index is 2.35. The maximum absolute atomic E-state index is 12.0. The van der Waals surface area contributed by atoms with Crippen molar-refractivity contribution in [1.29, 1.82) is 0 Å². The number of carbonyl (C=O) groups excluding carboxylic acids is 1. The monoisotopic (exact) mass is 276 g/mol. The van der Waals surface area contributed by atoms with Crippen molar-refractivity contribution >= 4 is 15.7 Å². The summed E-state index contributed by atoms with van der Waals surface area (Å²) in [5.74, 6) is 0.514. The van der Waals surface area contributed by atoms with E-state index in [0.29, 0.717) is 19.6 Å². The third-order valence-electron chi connectivity index (χ3n) is 3.50. The molecule has 0 bridgehead atoms. The minimum absolute atomic E-state index is 0.0903. The Morgan fingerprint density at radius 2 is 1.78 bits per heavy atom. The molecule has 1 rings (SSSR count). The van der Waals surface area contributed by atoms with E-state index < -0.39 is 9.84 Å². The predicted molar refractivity (Wildman–Crippen MR) is 72.2 cm³/mol. The third kappa shape index (κ3) is 4.94. The summed E-state index contributed by atoms with van der Waals surface area (Å²) in [6.45, 7) is 7.53. The topological polar surface area (TPSA) is 57.7 Å². The molecule has 1 heterocycles. The zero-order valence-corrected chi connectivity index (χ0v) is 12.4. The van der Waals surface area contributed by atoms with Gasteiger partial charge in [-0.2, -0.15) is 0 Å². The van der Waals surface area contributed by atoms with Gasteiger partial charge in [-0.3, -0.25) is 9.69 Å². The molecule has 0 aromatic heterocycles. The maximum atomic E-state index is 12.0. The quantitative estimate of drug-likeness (QED) is 0.721. The first-order valence-corrected chi connectivity index (χ1v) is 8.58. The summed E-state index contributed by atoms with van der Waals surface area (Å²) < 4.78 is 22.2. The summed E-state index contributed by atoms with van der Waals surface area (Å²) in [7, 11) is -2.89. The molecule has 0 aromatic rings. The first kappa shape index (κ1) is 15.4. The number of piperazine rings is 1. The molecule has 6 heteroatoms. The van der Waals surface area contributed by atoms with Gasteiger partial charge in [-0.05, 0) is 6.42 Å². The Kier molecular flexibility index (Phi) is 5.59. The van der Waals surface area contributed by atoms with Crippen LogP contribution in [0.1, 0.15) is 20.3 Å². The Hall–Kier alpha value is -0.620. The number of carbonyl (C=O) groups is 1. The zero-order valence-electron chi connectivity index (χ0n) is 11.6. The molecule has 0 saturated carbocycles. The van der Waals surface area contributed by atoms with Crippen LogP contribution < -0.4 is 0 Å². The van der Waals surface area contributed by atoms with Crippen LogP contribution >= 0.6 is 0 Å². The second-order valence-corrected chi connectivity index (χ2v) is 7.37. The molecule has 1 saturated heterocycles. The highest BCUT2D eigenvalue weighted by atomic mass is 32.2. The van der Waals surface area contributed by atoms with Crippen molar-refractivity contribution in [1.82, 2.24) is 9.80 Å². The van der Waals surface area contributed by atoms with Gasteiger partial charge >= 0.3 is 0 Å². The fourth-order valence-electron chi connectivity index (χ4n) is 1.97. The first-order chi connectivity index (χ1) is 8.33. The molecule has 18 heavy (non-hydrogen) atoms. The zero-order chi connectivity index (χ0) is 13.8. The second-order valence-electron chi connectivity index (χ2n) is 5.11. The molecular formula is C12H24N2O3S. The van der Waals surface area contributed by atoms with Gasteiger partial charge in [-0.25, -0.2) is 8.42 Å². The predicted octanol–water partition coefficient (Wildman–Crippen LogP) is 0.221. The molecule has 0 aromatic carbocycles. The largest absolute Gasteiger partial charge is 0.340 e. The third-order valence-corrected chi connectivity index (χ3v) is 4.42. The van der Waals surface area contributed by atoms with Gasteiger partial charge in [0.2, 0.25) is 5.91 Å². The second kappa shape index (κ2) is 6.52. The van der Waals surface area contributed by atoms with Crippen LogP contribution in [0.5, 0.6) is 0 Å². The summed E-state index contributed by atoms with van der Waals surface area (Å²) in [4.78, 5) is 16.0. The highest BCUT2D eigenvalue weighted by molar-refractivity contribution is 7.90. The SMILES string of the molecule is CCC(C)C(=O)N1CCN(CCS(C)(=O)=O)CC1. The molecule has 5 nitrogen and oxygen atoms in total. The van der Waals surface area contributed by atoms with Crippen molar-refractivity contribution in [2.45, 2.75) is 20.3 Å². The van der Waals surface area contributed by atoms with Crippen LogP contribution in [-0.2, 0) is 14.6 Å². The Bertz CT molecular complexity index is 373. The molecule has 0 radical (unpaired) electrons. The fourth-order valence-corrected chi connectivity index (χ4v) is 2.56. The molecular weight excluding hydrogens is 252 g/mol. The van der Waals surface area contributed by atoms with Crippen molar-refractivity contribution in [3.05, 3.63) is 0 Å². The Morgan fingerprint density at radius 3 is 2.22 bits per heavy atom. The van der Waals surface area contributed by atoms with Crippen LogP contribution in [0.15, 0.2) is 0 Å². The lowest BCUT2D eigenvalue weighted by Gasteiger charge is -2.35. The normalized spacial score (nSPS) is 19.8. The van der Waals surface area contributed by atoms with Crippen LogP contribution in [0.3, 0.4) is 0 Å². The molecule has 0 spiro atoms. The summed E-state index contributed by atoms with van der Waals surface area (Å²) in [5.41, 5.74) is 0. The van der Waals surface area contributed by atoms with Gasteiger partial charge in [-0.15, -0.1) is 0 Å². The van der Waals surface area contributed by atoms with Crippen molar-refractivity contribution in [3.8, 4) is 0 Å². The van der Waals surface area contributed by atoms with Crippen LogP contribution in [0.25, 0.3) is 0 Å². The van der Waals surface area contributed by atoms with Gasteiger partial charge in [0.05, 0.1) is 5.75 Å². The summed E-state index contributed by atoms with van der Waals surface area (Å²) in [6, 6.07) is 0. The maximum Gasteiger partial charge on any atom is 0.225 e. The number of sulfone groups is 1. The highest BCUT2D eigenvalue weighted by Gasteiger charge is 2.24. The van der Waals surface area contributed by atoms with Crippen LogP contribution in [0, 0.1) is 5.92 Å². The van der Waals surface area contributed by atoms with Gasteiger partial charge in [0.1, 0.15) is 9.84 Å². The fraction of sp³-hybridized carbons (Fsp3) is 0.917. The van der Waals surface area contributed by atoms with Crippen LogP contribution in [0.2, 0.25) is 0 Å².